The molecule has 214 valence electrons. The van der Waals surface area contributed by atoms with E-state index in [1.54, 1.807) is 34.9 Å². The first-order valence-electron chi connectivity index (χ1n) is 19.5. The van der Waals surface area contributed by atoms with Crippen molar-refractivity contribution in [3.63, 3.8) is 0 Å². The van der Waals surface area contributed by atoms with Gasteiger partial charge in [-0.2, -0.15) is 0 Å². The average molecular weight is 586 g/mol. The summed E-state index contributed by atoms with van der Waals surface area (Å²) in [6.07, 6.45) is 0. The molecule has 0 bridgehead atoms. The number of fused-ring (bicyclic) bond motifs is 6. The third-order valence-electron chi connectivity index (χ3n) is 9.24. The molecule has 0 atom stereocenters. The van der Waals surface area contributed by atoms with E-state index in [0.29, 0.717) is 33.4 Å². The van der Waals surface area contributed by atoms with Crippen LogP contribution in [0.15, 0.2) is 140 Å². The van der Waals surface area contributed by atoms with Crippen LogP contribution < -0.4 is 0 Å². The molecular weight excluding hydrogens is 544 g/mol. The van der Waals surface area contributed by atoms with Crippen LogP contribution >= 0.6 is 0 Å². The van der Waals surface area contributed by atoms with Crippen LogP contribution in [-0.4, -0.2) is 9.55 Å². The zero-order chi connectivity index (χ0) is 37.8. The van der Waals surface area contributed by atoms with Crippen LogP contribution in [0.5, 0.6) is 0 Å². The van der Waals surface area contributed by atoms with Gasteiger partial charge in [0, 0.05) is 23.4 Å². The molecule has 0 spiro atoms. The summed E-state index contributed by atoms with van der Waals surface area (Å²) in [6, 6.07) is 43.8. The predicted molar refractivity (Wildman–Crippen MR) is 189 cm³/mol. The molecule has 1 aromatic heterocycles. The molecule has 1 heterocycles. The van der Waals surface area contributed by atoms with E-state index in [0.717, 1.165) is 43.8 Å². The third kappa shape index (κ3) is 3.72. The van der Waals surface area contributed by atoms with Crippen molar-refractivity contribution in [1.82, 2.24) is 9.55 Å². The molecule has 9 rings (SSSR count). The molecule has 0 amide bonds. The molecule has 0 saturated heterocycles. The number of rotatable bonds is 3. The summed E-state index contributed by atoms with van der Waals surface area (Å²) >= 11 is 0. The second-order valence-corrected chi connectivity index (χ2v) is 11.7. The van der Waals surface area contributed by atoms with Crippen LogP contribution in [0, 0.1) is 6.85 Å². The van der Waals surface area contributed by atoms with Crippen molar-refractivity contribution in [2.75, 3.05) is 0 Å². The summed E-state index contributed by atoms with van der Waals surface area (Å²) in [5.41, 5.74) is 5.06. The normalized spacial score (nSPS) is 17.2. The Balaban J connectivity index is 1.27. The number of benzene rings is 7. The topological polar surface area (TPSA) is 17.8 Å². The highest BCUT2D eigenvalue weighted by Crippen LogP contribution is 2.51. The van der Waals surface area contributed by atoms with E-state index in [4.69, 9.17) is 12.3 Å². The summed E-state index contributed by atoms with van der Waals surface area (Å²) in [5.74, 6) is -0.00449. The van der Waals surface area contributed by atoms with Gasteiger partial charge in [0.15, 0.2) is 0 Å². The molecule has 1 aliphatic rings. The van der Waals surface area contributed by atoms with Crippen molar-refractivity contribution in [2.24, 2.45) is 0 Å². The number of imidazole rings is 1. The van der Waals surface area contributed by atoms with Gasteiger partial charge in [0.2, 0.25) is 0 Å². The largest absolute Gasteiger partial charge is 0.297 e. The van der Waals surface area contributed by atoms with Gasteiger partial charge in [0.25, 0.3) is 0 Å². The summed E-state index contributed by atoms with van der Waals surface area (Å²) < 4.78 is 78.7. The Labute approximate surface area is 275 Å². The maximum absolute atomic E-state index is 8.74. The zero-order valence-electron chi connectivity index (χ0n) is 33.2. The minimum absolute atomic E-state index is 0.00449. The van der Waals surface area contributed by atoms with Gasteiger partial charge in [-0.05, 0) is 103 Å². The number of aryl methyl sites for hydroxylation is 1. The van der Waals surface area contributed by atoms with E-state index in [1.165, 1.54) is 0 Å². The molecule has 45 heavy (non-hydrogen) atoms. The van der Waals surface area contributed by atoms with Crippen molar-refractivity contribution in [1.29, 1.82) is 0 Å². The van der Waals surface area contributed by atoms with E-state index in [9.17, 15) is 0 Å². The van der Waals surface area contributed by atoms with Crippen molar-refractivity contribution >= 4 is 32.6 Å². The summed E-state index contributed by atoms with van der Waals surface area (Å²) in [7, 11) is 0. The summed E-state index contributed by atoms with van der Waals surface area (Å²) in [4.78, 5) is 4.47. The number of aromatic nitrogens is 2. The fraction of sp³-hybridized carbons (Fsp3) is 0.0930. The molecule has 2 nitrogen and oxygen atoms in total. The highest BCUT2D eigenvalue weighted by atomic mass is 15.1. The van der Waals surface area contributed by atoms with Crippen LogP contribution in [0.1, 0.15) is 43.0 Å². The van der Waals surface area contributed by atoms with Gasteiger partial charge in [-0.25, -0.2) is 4.98 Å². The van der Waals surface area contributed by atoms with Gasteiger partial charge in [-0.15, -0.1) is 0 Å². The molecular formula is C43H32N2. The fourth-order valence-electron chi connectivity index (χ4n) is 7.25. The van der Waals surface area contributed by atoms with Crippen molar-refractivity contribution in [3.05, 3.63) is 156 Å². The minimum Gasteiger partial charge on any atom is -0.297 e. The van der Waals surface area contributed by atoms with Gasteiger partial charge in [-0.1, -0.05) is 123 Å². The number of hydrogen-bond acceptors (Lipinski definition) is 1. The lowest BCUT2D eigenvalue weighted by atomic mass is 9.80. The van der Waals surface area contributed by atoms with Crippen LogP contribution in [-0.2, 0) is 5.41 Å². The van der Waals surface area contributed by atoms with Gasteiger partial charge in [-0.3, -0.25) is 4.57 Å². The Bertz CT molecular complexity index is 2720. The van der Waals surface area contributed by atoms with Crippen LogP contribution in [0.3, 0.4) is 0 Å². The lowest BCUT2D eigenvalue weighted by molar-refractivity contribution is 0.660. The minimum atomic E-state index is -2.87. The summed E-state index contributed by atoms with van der Waals surface area (Å²) in [5, 5.41) is 3.75. The van der Waals surface area contributed by atoms with E-state index >= 15 is 0 Å². The van der Waals surface area contributed by atoms with Gasteiger partial charge < -0.3 is 0 Å². The molecule has 0 saturated carbocycles. The highest BCUT2D eigenvalue weighted by molar-refractivity contribution is 6.21. The maximum Gasteiger partial charge on any atom is 0.111 e. The molecule has 8 aromatic rings. The number of hydrogen-bond donors (Lipinski definition) is 0. The van der Waals surface area contributed by atoms with Gasteiger partial charge in [0.05, 0.1) is 11.0 Å². The molecule has 0 unspecified atom stereocenters. The molecule has 0 fully saturated rings. The molecule has 1 aliphatic carbocycles. The number of nitrogens with zero attached hydrogens (tertiary/aromatic N) is 2. The highest BCUT2D eigenvalue weighted by Gasteiger charge is 2.35. The van der Waals surface area contributed by atoms with E-state index in [2.05, 4.69) is 17.1 Å². The van der Waals surface area contributed by atoms with Crippen LogP contribution in [0.4, 0.5) is 0 Å². The SMILES string of the molecule is [2H]C([2H])([2H])c1nc2ccccc2n1-c1ccc(-c2c3ccccc3c(-c3ccc4c(c3)C(C([2H])([2H])[2H])(C([2H])([2H])[2H])c3ccccc3-4)c3ccccc23)cc1. The first kappa shape index (κ1) is 18.4. The Morgan fingerprint density at radius 2 is 1.13 bits per heavy atom. The Hall–Kier alpha value is -5.47. The van der Waals surface area contributed by atoms with E-state index in [-0.39, 0.29) is 11.4 Å². The lowest BCUT2D eigenvalue weighted by Gasteiger charge is -2.23. The predicted octanol–water partition coefficient (Wildman–Crippen LogP) is 11.3. The molecule has 0 aliphatic heterocycles. The first-order valence-corrected chi connectivity index (χ1v) is 15.0. The Morgan fingerprint density at radius 3 is 1.82 bits per heavy atom. The quantitative estimate of drug-likeness (QED) is 0.189. The zero-order valence-corrected chi connectivity index (χ0v) is 24.2. The second-order valence-electron chi connectivity index (χ2n) is 11.7. The van der Waals surface area contributed by atoms with E-state index in [1.807, 2.05) is 97.1 Å². The van der Waals surface area contributed by atoms with Crippen molar-refractivity contribution < 1.29 is 12.3 Å². The van der Waals surface area contributed by atoms with Gasteiger partial charge >= 0.3 is 0 Å². The fourth-order valence-corrected chi connectivity index (χ4v) is 7.25. The summed E-state index contributed by atoms with van der Waals surface area (Å²) in [6.45, 7) is -8.16. The monoisotopic (exact) mass is 585 g/mol. The molecule has 0 N–H and O–H groups in total. The molecule has 7 aromatic carbocycles. The molecule has 2 heteroatoms. The number of para-hydroxylation sites is 2. The maximum atomic E-state index is 8.74. The standard InChI is InChI=1S/C43H32N2/c1-27-44-39-18-10-11-19-40(39)45(27)30-23-20-28(21-24-30)41-33-13-4-6-15-35(33)42(36-16-7-5-14-34(36)41)29-22-25-32-31-12-8-9-17-37(31)43(2,3)38(32)26-29/h4-26H,1-3H3/i1D3,2D3,3D3. The Morgan fingerprint density at radius 1 is 0.556 bits per heavy atom. The smallest absolute Gasteiger partial charge is 0.111 e. The lowest BCUT2D eigenvalue weighted by Crippen LogP contribution is -2.14. The van der Waals surface area contributed by atoms with Gasteiger partial charge in [0.1, 0.15) is 5.82 Å². The first-order chi connectivity index (χ1) is 25.7. The van der Waals surface area contributed by atoms with Crippen LogP contribution in [0.25, 0.3) is 71.6 Å². The van der Waals surface area contributed by atoms with Crippen molar-refractivity contribution in [2.45, 2.75) is 26.0 Å². The van der Waals surface area contributed by atoms with Crippen LogP contribution in [0.2, 0.25) is 0 Å². The van der Waals surface area contributed by atoms with Crippen molar-refractivity contribution in [3.8, 4) is 39.1 Å². The third-order valence-corrected chi connectivity index (χ3v) is 9.24. The average Bonchev–Trinajstić information content (AvgIpc) is 3.69. The van der Waals surface area contributed by atoms with E-state index < -0.39 is 26.0 Å². The molecule has 0 radical (unpaired) electrons. The Kier molecular flexibility index (Phi) is 3.88. The second kappa shape index (κ2) is 9.51.